The Morgan fingerprint density at radius 1 is 1.19 bits per heavy atom. The van der Waals surface area contributed by atoms with Gasteiger partial charge in [0.15, 0.2) is 5.13 Å². The molecule has 0 bridgehead atoms. The number of phenolic OH excluding ortho intramolecular Hbond substituents is 1. The van der Waals surface area contributed by atoms with Crippen LogP contribution in [-0.2, 0) is 10.0 Å². The van der Waals surface area contributed by atoms with Gasteiger partial charge in [-0.25, -0.2) is 13.4 Å². The molecule has 3 rings (SSSR count). The fourth-order valence-electron chi connectivity index (χ4n) is 1.79. The molecular weight excluding hydrogens is 310 g/mol. The summed E-state index contributed by atoms with van der Waals surface area (Å²) in [7, 11) is -3.79. The van der Waals surface area contributed by atoms with Gasteiger partial charge in [0.25, 0.3) is 10.0 Å². The standard InChI is InChI=1S/C13H11N3O3S2/c14-9-7-8(5-6-11(9)17)21(18,19)16-13-15-10-3-1-2-4-12(10)20-13/h1-7,17H,14H2,(H,15,16). The van der Waals surface area contributed by atoms with E-state index in [-0.39, 0.29) is 21.5 Å². The molecule has 108 valence electrons. The number of phenols is 1. The number of anilines is 2. The second-order valence-corrected chi connectivity index (χ2v) is 7.03. The van der Waals surface area contributed by atoms with E-state index in [2.05, 4.69) is 9.71 Å². The molecule has 1 aromatic heterocycles. The van der Waals surface area contributed by atoms with Crippen molar-refractivity contribution in [2.24, 2.45) is 0 Å². The normalized spacial score (nSPS) is 11.6. The lowest BCUT2D eigenvalue weighted by atomic mass is 10.3. The summed E-state index contributed by atoms with van der Waals surface area (Å²) in [5, 5.41) is 9.62. The van der Waals surface area contributed by atoms with Crippen LogP contribution in [0, 0.1) is 0 Å². The van der Waals surface area contributed by atoms with Gasteiger partial charge in [0, 0.05) is 0 Å². The lowest BCUT2D eigenvalue weighted by Gasteiger charge is -2.06. The third-order valence-corrected chi connectivity index (χ3v) is 5.24. The van der Waals surface area contributed by atoms with Crippen LogP contribution in [0.4, 0.5) is 10.8 Å². The molecule has 0 aliphatic rings. The Morgan fingerprint density at radius 3 is 2.67 bits per heavy atom. The number of para-hydroxylation sites is 1. The summed E-state index contributed by atoms with van der Waals surface area (Å²) in [5.41, 5.74) is 6.25. The largest absolute Gasteiger partial charge is 0.506 e. The van der Waals surface area contributed by atoms with E-state index in [0.29, 0.717) is 0 Å². The molecule has 0 aliphatic carbocycles. The number of nitrogens with one attached hydrogen (secondary N) is 1. The molecule has 0 atom stereocenters. The van der Waals surface area contributed by atoms with E-state index in [1.807, 2.05) is 24.3 Å². The maximum atomic E-state index is 12.3. The van der Waals surface area contributed by atoms with Crippen LogP contribution < -0.4 is 10.5 Å². The number of sulfonamides is 1. The highest BCUT2D eigenvalue weighted by Gasteiger charge is 2.17. The Labute approximate surface area is 124 Å². The van der Waals surface area contributed by atoms with Crippen molar-refractivity contribution < 1.29 is 13.5 Å². The van der Waals surface area contributed by atoms with Crippen molar-refractivity contribution >= 4 is 42.4 Å². The molecule has 0 radical (unpaired) electrons. The smallest absolute Gasteiger partial charge is 0.263 e. The molecule has 0 amide bonds. The summed E-state index contributed by atoms with van der Waals surface area (Å²) in [4.78, 5) is 4.18. The Morgan fingerprint density at radius 2 is 1.95 bits per heavy atom. The fraction of sp³-hybridized carbons (Fsp3) is 0. The van der Waals surface area contributed by atoms with E-state index < -0.39 is 10.0 Å². The monoisotopic (exact) mass is 321 g/mol. The molecule has 0 unspecified atom stereocenters. The van der Waals surface area contributed by atoms with Gasteiger partial charge >= 0.3 is 0 Å². The highest BCUT2D eigenvalue weighted by atomic mass is 32.2. The maximum absolute atomic E-state index is 12.3. The van der Waals surface area contributed by atoms with E-state index in [9.17, 15) is 13.5 Å². The van der Waals surface area contributed by atoms with E-state index in [1.54, 1.807) is 0 Å². The molecule has 2 aromatic carbocycles. The van der Waals surface area contributed by atoms with Crippen molar-refractivity contribution in [1.29, 1.82) is 0 Å². The van der Waals surface area contributed by atoms with E-state index in [1.165, 1.54) is 29.5 Å². The number of benzene rings is 2. The number of hydrogen-bond acceptors (Lipinski definition) is 6. The van der Waals surface area contributed by atoms with Gasteiger partial charge in [-0.15, -0.1) is 0 Å². The first-order valence-corrected chi connectivity index (χ1v) is 8.22. The molecule has 1 heterocycles. The molecule has 0 fully saturated rings. The van der Waals surface area contributed by atoms with E-state index in [0.717, 1.165) is 10.2 Å². The number of hydrogen-bond donors (Lipinski definition) is 3. The Bertz CT molecular complexity index is 886. The SMILES string of the molecule is Nc1cc(S(=O)(=O)Nc2nc3ccccc3s2)ccc1O. The molecule has 3 aromatic rings. The third kappa shape index (κ3) is 2.63. The Balaban J connectivity index is 1.96. The van der Waals surface area contributed by atoms with Crippen LogP contribution in [0.1, 0.15) is 0 Å². The topological polar surface area (TPSA) is 105 Å². The maximum Gasteiger partial charge on any atom is 0.263 e. The number of aromatic hydroxyl groups is 1. The summed E-state index contributed by atoms with van der Waals surface area (Å²) in [5.74, 6) is -0.158. The number of thiazole rings is 1. The fourth-order valence-corrected chi connectivity index (χ4v) is 3.93. The van der Waals surface area contributed by atoms with Crippen molar-refractivity contribution in [3.05, 3.63) is 42.5 Å². The minimum atomic E-state index is -3.79. The number of aromatic nitrogens is 1. The van der Waals surface area contributed by atoms with Crippen LogP contribution >= 0.6 is 11.3 Å². The van der Waals surface area contributed by atoms with Gasteiger partial charge in [0.2, 0.25) is 0 Å². The summed E-state index contributed by atoms with van der Waals surface area (Å²) in [6.45, 7) is 0. The molecule has 4 N–H and O–H groups in total. The molecule has 6 nitrogen and oxygen atoms in total. The van der Waals surface area contributed by atoms with Gasteiger partial charge < -0.3 is 10.8 Å². The highest BCUT2D eigenvalue weighted by molar-refractivity contribution is 7.93. The predicted molar refractivity (Wildman–Crippen MR) is 82.9 cm³/mol. The zero-order valence-electron chi connectivity index (χ0n) is 10.6. The average Bonchev–Trinajstić information content (AvgIpc) is 2.82. The molecule has 0 aliphatic heterocycles. The van der Waals surface area contributed by atoms with Crippen LogP contribution in [0.3, 0.4) is 0 Å². The van der Waals surface area contributed by atoms with Crippen molar-refractivity contribution in [2.45, 2.75) is 4.90 Å². The minimum Gasteiger partial charge on any atom is -0.506 e. The first-order valence-electron chi connectivity index (χ1n) is 5.92. The zero-order valence-corrected chi connectivity index (χ0v) is 12.3. The van der Waals surface area contributed by atoms with Crippen LogP contribution in [-0.4, -0.2) is 18.5 Å². The van der Waals surface area contributed by atoms with Crippen LogP contribution in [0.25, 0.3) is 10.2 Å². The van der Waals surface area contributed by atoms with Gasteiger partial charge in [-0.3, -0.25) is 4.72 Å². The summed E-state index contributed by atoms with van der Waals surface area (Å²) < 4.78 is 27.8. The first-order chi connectivity index (χ1) is 9.95. The Kier molecular flexibility index (Phi) is 3.19. The van der Waals surface area contributed by atoms with Crippen molar-refractivity contribution in [3.63, 3.8) is 0 Å². The van der Waals surface area contributed by atoms with Gasteiger partial charge in [0.05, 0.1) is 20.8 Å². The van der Waals surface area contributed by atoms with Crippen molar-refractivity contribution in [1.82, 2.24) is 4.98 Å². The van der Waals surface area contributed by atoms with Gasteiger partial charge in [-0.2, -0.15) is 0 Å². The lowest BCUT2D eigenvalue weighted by Crippen LogP contribution is -2.13. The second-order valence-electron chi connectivity index (χ2n) is 4.31. The van der Waals surface area contributed by atoms with Crippen molar-refractivity contribution in [2.75, 3.05) is 10.5 Å². The summed E-state index contributed by atoms with van der Waals surface area (Å²) in [6, 6.07) is 11.1. The molecule has 8 heteroatoms. The molecule has 0 saturated heterocycles. The first kappa shape index (κ1) is 13.7. The second kappa shape index (κ2) is 4.90. The minimum absolute atomic E-state index is 0.00201. The average molecular weight is 321 g/mol. The lowest BCUT2D eigenvalue weighted by molar-refractivity contribution is 0.477. The Hall–Kier alpha value is -2.32. The number of nitrogen functional groups attached to an aromatic ring is 1. The number of fused-ring (bicyclic) bond motifs is 1. The van der Waals surface area contributed by atoms with Crippen molar-refractivity contribution in [3.8, 4) is 5.75 Å². The number of nitrogens with zero attached hydrogens (tertiary/aromatic N) is 1. The molecule has 0 spiro atoms. The third-order valence-electron chi connectivity index (χ3n) is 2.82. The van der Waals surface area contributed by atoms with E-state index >= 15 is 0 Å². The summed E-state index contributed by atoms with van der Waals surface area (Å²) >= 11 is 1.24. The van der Waals surface area contributed by atoms with Crippen LogP contribution in [0.5, 0.6) is 5.75 Å². The van der Waals surface area contributed by atoms with Crippen LogP contribution in [0.15, 0.2) is 47.4 Å². The predicted octanol–water partition coefficient (Wildman–Crippen LogP) is 2.38. The van der Waals surface area contributed by atoms with E-state index in [4.69, 9.17) is 5.73 Å². The molecular formula is C13H11N3O3S2. The van der Waals surface area contributed by atoms with Gasteiger partial charge in [-0.05, 0) is 30.3 Å². The molecule has 21 heavy (non-hydrogen) atoms. The molecule has 0 saturated carbocycles. The number of rotatable bonds is 3. The number of nitrogens with two attached hydrogens (primary N) is 1. The zero-order chi connectivity index (χ0) is 15.0. The van der Waals surface area contributed by atoms with Crippen LogP contribution in [0.2, 0.25) is 0 Å². The quantitative estimate of drug-likeness (QED) is 0.507. The van der Waals surface area contributed by atoms with Gasteiger partial charge in [-0.1, -0.05) is 23.5 Å². The highest BCUT2D eigenvalue weighted by Crippen LogP contribution is 2.29. The summed E-state index contributed by atoms with van der Waals surface area (Å²) in [6.07, 6.45) is 0. The van der Waals surface area contributed by atoms with Gasteiger partial charge in [0.1, 0.15) is 5.75 Å².